The van der Waals surface area contributed by atoms with Gasteiger partial charge in [-0.15, -0.1) is 0 Å². The van der Waals surface area contributed by atoms with Gasteiger partial charge < -0.3 is 0 Å². The standard InChI is InChI=1S/C13H8FNO2/c14-13-11-7-8-3-1-2-4-9(8)10(11)5-6-12(13)15(16)17/h1-6H,7H2. The molecule has 3 nitrogen and oxygen atoms in total. The van der Waals surface area contributed by atoms with E-state index in [1.54, 1.807) is 6.07 Å². The van der Waals surface area contributed by atoms with Gasteiger partial charge >= 0.3 is 5.69 Å². The van der Waals surface area contributed by atoms with Crippen LogP contribution in [-0.4, -0.2) is 4.92 Å². The Morgan fingerprint density at radius 2 is 1.88 bits per heavy atom. The fourth-order valence-corrected chi connectivity index (χ4v) is 2.30. The van der Waals surface area contributed by atoms with E-state index in [-0.39, 0.29) is 0 Å². The molecular weight excluding hydrogens is 221 g/mol. The number of hydrogen-bond acceptors (Lipinski definition) is 2. The number of nitro benzene ring substituents is 1. The van der Waals surface area contributed by atoms with Gasteiger partial charge in [0.15, 0.2) is 0 Å². The second-order valence-electron chi connectivity index (χ2n) is 4.02. The molecule has 0 saturated heterocycles. The van der Waals surface area contributed by atoms with E-state index >= 15 is 0 Å². The van der Waals surface area contributed by atoms with E-state index in [1.165, 1.54) is 6.07 Å². The molecule has 0 saturated carbocycles. The van der Waals surface area contributed by atoms with Crippen LogP contribution in [0, 0.1) is 15.9 Å². The topological polar surface area (TPSA) is 43.1 Å². The maximum absolute atomic E-state index is 13.9. The zero-order valence-corrected chi connectivity index (χ0v) is 8.81. The summed E-state index contributed by atoms with van der Waals surface area (Å²) in [6, 6.07) is 10.5. The normalized spacial score (nSPS) is 12.1. The van der Waals surface area contributed by atoms with E-state index in [2.05, 4.69) is 0 Å². The molecule has 4 heteroatoms. The van der Waals surface area contributed by atoms with Crippen molar-refractivity contribution in [3.63, 3.8) is 0 Å². The first-order valence-electron chi connectivity index (χ1n) is 5.22. The van der Waals surface area contributed by atoms with Crippen LogP contribution in [0.1, 0.15) is 11.1 Å². The van der Waals surface area contributed by atoms with Crippen LogP contribution in [0.3, 0.4) is 0 Å². The van der Waals surface area contributed by atoms with Crippen molar-refractivity contribution in [2.75, 3.05) is 0 Å². The summed E-state index contributed by atoms with van der Waals surface area (Å²) in [6.45, 7) is 0. The molecule has 1 aliphatic rings. The van der Waals surface area contributed by atoms with Crippen molar-refractivity contribution < 1.29 is 9.31 Å². The minimum Gasteiger partial charge on any atom is -0.258 e. The van der Waals surface area contributed by atoms with Gasteiger partial charge in [0.2, 0.25) is 5.82 Å². The quantitative estimate of drug-likeness (QED) is 0.474. The predicted octanol–water partition coefficient (Wildman–Crippen LogP) is 3.31. The van der Waals surface area contributed by atoms with Crippen molar-refractivity contribution in [1.82, 2.24) is 0 Å². The molecule has 1 aliphatic carbocycles. The highest BCUT2D eigenvalue weighted by atomic mass is 19.1. The molecule has 0 aromatic heterocycles. The summed E-state index contributed by atoms with van der Waals surface area (Å²) in [5.41, 5.74) is 2.74. The summed E-state index contributed by atoms with van der Waals surface area (Å²) in [6.07, 6.45) is 0.430. The lowest BCUT2D eigenvalue weighted by Gasteiger charge is -2.01. The number of hydrogen-bond donors (Lipinski definition) is 0. The molecule has 17 heavy (non-hydrogen) atoms. The first-order valence-corrected chi connectivity index (χ1v) is 5.22. The number of fused-ring (bicyclic) bond motifs is 3. The van der Waals surface area contributed by atoms with Gasteiger partial charge in [-0.25, -0.2) is 0 Å². The summed E-state index contributed by atoms with van der Waals surface area (Å²) in [5.74, 6) is -0.705. The van der Waals surface area contributed by atoms with E-state index < -0.39 is 16.4 Å². The highest BCUT2D eigenvalue weighted by Crippen LogP contribution is 2.40. The third kappa shape index (κ3) is 1.34. The Labute approximate surface area is 96.7 Å². The third-order valence-electron chi connectivity index (χ3n) is 3.09. The fraction of sp³-hybridized carbons (Fsp3) is 0.0769. The van der Waals surface area contributed by atoms with Gasteiger partial charge in [0, 0.05) is 18.1 Å². The number of nitrogens with zero attached hydrogens (tertiary/aromatic N) is 1. The summed E-state index contributed by atoms with van der Waals surface area (Å²) in [5, 5.41) is 10.7. The van der Waals surface area contributed by atoms with E-state index in [0.717, 1.165) is 16.7 Å². The summed E-state index contributed by atoms with van der Waals surface area (Å²) >= 11 is 0. The first-order chi connectivity index (χ1) is 8.18. The van der Waals surface area contributed by atoms with Gasteiger partial charge in [-0.3, -0.25) is 10.1 Å². The van der Waals surface area contributed by atoms with Crippen molar-refractivity contribution in [1.29, 1.82) is 0 Å². The molecule has 3 rings (SSSR count). The smallest absolute Gasteiger partial charge is 0.258 e. The molecule has 0 unspecified atom stereocenters. The summed E-state index contributed by atoms with van der Waals surface area (Å²) in [7, 11) is 0. The second kappa shape index (κ2) is 3.38. The molecule has 2 aromatic carbocycles. The largest absolute Gasteiger partial charge is 0.305 e. The van der Waals surface area contributed by atoms with Crippen molar-refractivity contribution in [2.24, 2.45) is 0 Å². The highest BCUT2D eigenvalue weighted by molar-refractivity contribution is 5.78. The monoisotopic (exact) mass is 229 g/mol. The maximum Gasteiger partial charge on any atom is 0.305 e. The maximum atomic E-state index is 13.9. The highest BCUT2D eigenvalue weighted by Gasteiger charge is 2.26. The molecule has 0 aliphatic heterocycles. The van der Waals surface area contributed by atoms with E-state index in [1.807, 2.05) is 24.3 Å². The Kier molecular flexibility index (Phi) is 1.98. The molecular formula is C13H8FNO2. The first kappa shape index (κ1) is 9.96. The lowest BCUT2D eigenvalue weighted by Crippen LogP contribution is -1.96. The molecule has 0 spiro atoms. The average Bonchev–Trinajstić information content (AvgIpc) is 2.69. The SMILES string of the molecule is O=[N+]([O-])c1ccc2c(c1F)Cc1ccccc1-2. The Hall–Kier alpha value is -2.23. The van der Waals surface area contributed by atoms with Crippen LogP contribution in [0.4, 0.5) is 10.1 Å². The Balaban J connectivity index is 2.25. The van der Waals surface area contributed by atoms with E-state index in [9.17, 15) is 14.5 Å². The van der Waals surface area contributed by atoms with Crippen LogP contribution in [0.5, 0.6) is 0 Å². The fourth-order valence-electron chi connectivity index (χ4n) is 2.30. The molecule has 0 fully saturated rings. The van der Waals surface area contributed by atoms with Crippen molar-refractivity contribution >= 4 is 5.69 Å². The van der Waals surface area contributed by atoms with E-state index in [4.69, 9.17) is 0 Å². The molecule has 0 atom stereocenters. The molecule has 0 radical (unpaired) electrons. The number of rotatable bonds is 1. The number of benzene rings is 2. The van der Waals surface area contributed by atoms with Gasteiger partial charge in [-0.2, -0.15) is 4.39 Å². The lowest BCUT2D eigenvalue weighted by atomic mass is 10.1. The second-order valence-corrected chi connectivity index (χ2v) is 4.02. The van der Waals surface area contributed by atoms with Crippen LogP contribution in [0.15, 0.2) is 36.4 Å². The van der Waals surface area contributed by atoms with Crippen LogP contribution in [0.25, 0.3) is 11.1 Å². The van der Waals surface area contributed by atoms with Crippen molar-refractivity contribution in [2.45, 2.75) is 6.42 Å². The van der Waals surface area contributed by atoms with Gasteiger partial charge in [-0.05, 0) is 22.8 Å². The van der Waals surface area contributed by atoms with E-state index in [0.29, 0.717) is 12.0 Å². The molecule has 0 amide bonds. The van der Waals surface area contributed by atoms with Crippen LogP contribution in [-0.2, 0) is 6.42 Å². The Morgan fingerprint density at radius 1 is 1.12 bits per heavy atom. The van der Waals surface area contributed by atoms with Gasteiger partial charge in [0.25, 0.3) is 0 Å². The summed E-state index contributed by atoms with van der Waals surface area (Å²) in [4.78, 5) is 9.98. The number of nitro groups is 1. The van der Waals surface area contributed by atoms with Crippen LogP contribution < -0.4 is 0 Å². The molecule has 0 bridgehead atoms. The number of halogens is 1. The van der Waals surface area contributed by atoms with Gasteiger partial charge in [-0.1, -0.05) is 24.3 Å². The van der Waals surface area contributed by atoms with Crippen molar-refractivity contribution in [3.05, 3.63) is 63.5 Å². The molecule has 2 aromatic rings. The predicted molar refractivity (Wildman–Crippen MR) is 61.3 cm³/mol. The lowest BCUT2D eigenvalue weighted by molar-refractivity contribution is -0.387. The van der Waals surface area contributed by atoms with Gasteiger partial charge in [0.05, 0.1) is 4.92 Å². The summed E-state index contributed by atoms with van der Waals surface area (Å²) < 4.78 is 13.9. The Bertz CT molecular complexity index is 637. The average molecular weight is 229 g/mol. The molecule has 0 heterocycles. The van der Waals surface area contributed by atoms with Crippen molar-refractivity contribution in [3.8, 4) is 11.1 Å². The molecule has 84 valence electrons. The van der Waals surface area contributed by atoms with Crippen LogP contribution >= 0.6 is 0 Å². The zero-order chi connectivity index (χ0) is 12.0. The Morgan fingerprint density at radius 3 is 2.65 bits per heavy atom. The minimum atomic E-state index is -0.705. The van der Waals surface area contributed by atoms with Gasteiger partial charge in [0.1, 0.15) is 0 Å². The zero-order valence-electron chi connectivity index (χ0n) is 8.81. The third-order valence-corrected chi connectivity index (χ3v) is 3.09. The minimum absolute atomic E-state index is 0.430. The molecule has 0 N–H and O–H groups in total. The van der Waals surface area contributed by atoms with Crippen LogP contribution in [0.2, 0.25) is 0 Å².